The molecule has 38 heavy (non-hydrogen) atoms. The predicted octanol–water partition coefficient (Wildman–Crippen LogP) is 2.69. The monoisotopic (exact) mass is 509 g/mol. The molecular formula is C28H31N9O. The van der Waals surface area contributed by atoms with Crippen LogP contribution in [0, 0.1) is 16.7 Å². The van der Waals surface area contributed by atoms with Crippen molar-refractivity contribution in [2.75, 3.05) is 38.2 Å². The fourth-order valence-electron chi connectivity index (χ4n) is 5.82. The number of rotatable bonds is 7. The van der Waals surface area contributed by atoms with Gasteiger partial charge in [-0.2, -0.15) is 5.26 Å². The number of nitriles is 1. The van der Waals surface area contributed by atoms with Crippen LogP contribution in [0.5, 0.6) is 5.88 Å². The minimum atomic E-state index is 0.266. The van der Waals surface area contributed by atoms with Crippen molar-refractivity contribution in [3.63, 3.8) is 0 Å². The summed E-state index contributed by atoms with van der Waals surface area (Å²) in [6.07, 6.45) is 14.1. The van der Waals surface area contributed by atoms with Crippen LogP contribution in [-0.2, 0) is 6.54 Å². The van der Waals surface area contributed by atoms with Crippen molar-refractivity contribution in [3.8, 4) is 11.9 Å². The number of hydrogen-bond donors (Lipinski definition) is 2. The Balaban J connectivity index is 1.17. The first-order valence-corrected chi connectivity index (χ1v) is 13.1. The van der Waals surface area contributed by atoms with E-state index in [0.29, 0.717) is 29.4 Å². The maximum Gasteiger partial charge on any atom is 0.212 e. The molecule has 0 aliphatic carbocycles. The van der Waals surface area contributed by atoms with Gasteiger partial charge in [-0.25, -0.2) is 9.97 Å². The third-order valence-corrected chi connectivity index (χ3v) is 7.89. The van der Waals surface area contributed by atoms with E-state index in [1.165, 1.54) is 24.8 Å². The number of allylic oxidation sites excluding steroid dienone is 3. The van der Waals surface area contributed by atoms with E-state index in [1.807, 2.05) is 24.7 Å². The molecule has 10 nitrogen and oxygen atoms in total. The number of ether oxygens (including phenoxy) is 1. The standard InChI is InChI=1S/C28H31N9O/c1-38-27-5-4-19(12-33-27)16-37-22-8-23(37)18-36(17-22)26-15-31-25(14-32-26)24-9-21(35-6-2-3-7-35)13-34-28(24)20(10-29)11-30/h4-5,9-10,12-15,22-23,29,34H,2-3,6-8,16-18H2,1H3/b28-20+,29-10?. The molecule has 0 aromatic carbocycles. The molecule has 0 saturated carbocycles. The van der Waals surface area contributed by atoms with Gasteiger partial charge >= 0.3 is 0 Å². The Hall–Kier alpha value is -4.23. The van der Waals surface area contributed by atoms with Crippen LogP contribution in [0.3, 0.4) is 0 Å². The number of hydrogen-bond acceptors (Lipinski definition) is 10. The summed E-state index contributed by atoms with van der Waals surface area (Å²) in [7, 11) is 1.63. The van der Waals surface area contributed by atoms with E-state index in [9.17, 15) is 5.26 Å². The van der Waals surface area contributed by atoms with Crippen molar-refractivity contribution in [3.05, 3.63) is 71.2 Å². The van der Waals surface area contributed by atoms with Crippen LogP contribution < -0.4 is 15.0 Å². The van der Waals surface area contributed by atoms with Crippen LogP contribution in [0.2, 0.25) is 0 Å². The Bertz CT molecular complexity index is 1320. The summed E-state index contributed by atoms with van der Waals surface area (Å²) in [5, 5.41) is 20.5. The summed E-state index contributed by atoms with van der Waals surface area (Å²) in [6, 6.07) is 7.09. The second-order valence-corrected chi connectivity index (χ2v) is 10.1. The first-order chi connectivity index (χ1) is 18.7. The number of fused-ring (bicyclic) bond motifs is 2. The highest BCUT2D eigenvalue weighted by Crippen LogP contribution is 2.36. The normalized spacial score (nSPS) is 24.0. The Labute approximate surface area is 222 Å². The van der Waals surface area contributed by atoms with Crippen molar-refractivity contribution >= 4 is 17.6 Å². The molecule has 7 heterocycles. The molecule has 194 valence electrons. The third-order valence-electron chi connectivity index (χ3n) is 7.89. The van der Waals surface area contributed by atoms with E-state index in [1.54, 1.807) is 13.3 Å². The minimum Gasteiger partial charge on any atom is -0.481 e. The van der Waals surface area contributed by atoms with Gasteiger partial charge in [-0.1, -0.05) is 6.07 Å². The summed E-state index contributed by atoms with van der Waals surface area (Å²) >= 11 is 0. The van der Waals surface area contributed by atoms with Gasteiger partial charge in [0, 0.05) is 75.1 Å². The zero-order valence-corrected chi connectivity index (χ0v) is 21.5. The number of anilines is 1. The number of nitrogens with one attached hydrogen (secondary N) is 2. The number of likely N-dealkylation sites (tertiary alicyclic amines) is 1. The zero-order valence-electron chi connectivity index (χ0n) is 21.5. The summed E-state index contributed by atoms with van der Waals surface area (Å²) in [6.45, 7) is 4.75. The van der Waals surface area contributed by atoms with Gasteiger partial charge in [0.15, 0.2) is 0 Å². The lowest BCUT2D eigenvalue weighted by Gasteiger charge is -2.56. The molecule has 2 unspecified atom stereocenters. The molecule has 0 radical (unpaired) electrons. The average molecular weight is 510 g/mol. The molecule has 4 fully saturated rings. The van der Waals surface area contributed by atoms with Gasteiger partial charge in [-0.15, -0.1) is 0 Å². The number of aromatic nitrogens is 3. The quantitative estimate of drug-likeness (QED) is 0.429. The van der Waals surface area contributed by atoms with Crippen molar-refractivity contribution < 1.29 is 4.74 Å². The molecule has 2 aromatic heterocycles. The van der Waals surface area contributed by atoms with Crippen LogP contribution in [-0.4, -0.2) is 76.3 Å². The smallest absolute Gasteiger partial charge is 0.212 e. The largest absolute Gasteiger partial charge is 0.481 e. The maximum atomic E-state index is 9.59. The molecular weight excluding hydrogens is 478 g/mol. The Morgan fingerprint density at radius 2 is 1.95 bits per heavy atom. The van der Waals surface area contributed by atoms with Crippen molar-refractivity contribution in [1.82, 2.24) is 30.1 Å². The van der Waals surface area contributed by atoms with Gasteiger partial charge in [0.25, 0.3) is 0 Å². The molecule has 5 aliphatic rings. The fraction of sp³-hybridized carbons (Fsp3) is 0.393. The van der Waals surface area contributed by atoms with Crippen molar-refractivity contribution in [2.45, 2.75) is 37.9 Å². The second kappa shape index (κ2) is 10.3. The number of nitrogens with zero attached hydrogens (tertiary/aromatic N) is 7. The number of piperidine rings is 1. The molecule has 4 saturated heterocycles. The summed E-state index contributed by atoms with van der Waals surface area (Å²) in [5.41, 5.74) is 4.59. The molecule has 5 aliphatic heterocycles. The lowest BCUT2D eigenvalue weighted by atomic mass is 9.87. The van der Waals surface area contributed by atoms with Gasteiger partial charge in [-0.05, 0) is 30.9 Å². The van der Waals surface area contributed by atoms with Crippen molar-refractivity contribution in [2.24, 2.45) is 0 Å². The average Bonchev–Trinajstić information content (AvgIpc) is 3.52. The summed E-state index contributed by atoms with van der Waals surface area (Å²) in [5.74, 6) is 1.50. The first kappa shape index (κ1) is 24.1. The van der Waals surface area contributed by atoms with E-state index in [4.69, 9.17) is 20.1 Å². The van der Waals surface area contributed by atoms with Gasteiger partial charge < -0.3 is 25.3 Å². The molecule has 2 bridgehead atoms. The Morgan fingerprint density at radius 3 is 2.58 bits per heavy atom. The summed E-state index contributed by atoms with van der Waals surface area (Å²) < 4.78 is 5.17. The van der Waals surface area contributed by atoms with Crippen LogP contribution in [0.4, 0.5) is 5.82 Å². The zero-order chi connectivity index (χ0) is 26.1. The van der Waals surface area contributed by atoms with Gasteiger partial charge in [-0.3, -0.25) is 9.88 Å². The lowest BCUT2D eigenvalue weighted by molar-refractivity contribution is -0.00879. The van der Waals surface area contributed by atoms with Crippen LogP contribution in [0.15, 0.2) is 60.0 Å². The predicted molar refractivity (Wildman–Crippen MR) is 144 cm³/mol. The van der Waals surface area contributed by atoms with Crippen LogP contribution >= 0.6 is 0 Å². The summed E-state index contributed by atoms with van der Waals surface area (Å²) in [4.78, 5) is 21.1. The van der Waals surface area contributed by atoms with E-state index in [2.05, 4.69) is 43.2 Å². The van der Waals surface area contributed by atoms with Crippen LogP contribution in [0.1, 0.15) is 30.5 Å². The molecule has 0 amide bonds. The molecule has 2 N–H and O–H groups in total. The topological polar surface area (TPSA) is 117 Å². The molecule has 10 heteroatoms. The Kier molecular flexibility index (Phi) is 6.52. The maximum absolute atomic E-state index is 9.59. The SMILES string of the molecule is COc1ccc(CN2C3CC2CN(c2cnc(C4=CC(N5CCCC5)=CN/C4=C(/C#N)C=N)cn2)C3)cn1. The molecule has 0 spiro atoms. The third kappa shape index (κ3) is 4.50. The lowest BCUT2D eigenvalue weighted by Crippen LogP contribution is -2.68. The highest BCUT2D eigenvalue weighted by atomic mass is 16.5. The van der Waals surface area contributed by atoms with Gasteiger partial charge in [0.05, 0.1) is 42.2 Å². The second-order valence-electron chi connectivity index (χ2n) is 10.1. The van der Waals surface area contributed by atoms with E-state index in [0.717, 1.165) is 56.0 Å². The first-order valence-electron chi connectivity index (χ1n) is 13.1. The highest BCUT2D eigenvalue weighted by molar-refractivity contribution is 5.92. The number of methoxy groups -OCH3 is 1. The van der Waals surface area contributed by atoms with E-state index in [-0.39, 0.29) is 5.57 Å². The number of pyridine rings is 1. The fourth-order valence-corrected chi connectivity index (χ4v) is 5.82. The number of piperazine rings is 1. The van der Waals surface area contributed by atoms with Crippen molar-refractivity contribution in [1.29, 1.82) is 10.7 Å². The minimum absolute atomic E-state index is 0.266. The Morgan fingerprint density at radius 1 is 1.13 bits per heavy atom. The highest BCUT2D eigenvalue weighted by Gasteiger charge is 2.44. The van der Waals surface area contributed by atoms with Crippen LogP contribution in [0.25, 0.3) is 5.57 Å². The van der Waals surface area contributed by atoms with E-state index < -0.39 is 0 Å². The van der Waals surface area contributed by atoms with Gasteiger partial charge in [0.2, 0.25) is 5.88 Å². The molecule has 2 atom stereocenters. The van der Waals surface area contributed by atoms with Gasteiger partial charge in [0.1, 0.15) is 11.9 Å². The number of dihydropyridines is 1. The molecule has 2 aromatic rings. The van der Waals surface area contributed by atoms with E-state index >= 15 is 0 Å². The molecule has 7 rings (SSSR count).